The normalized spacial score (nSPS) is 12.2. The van der Waals surface area contributed by atoms with E-state index in [9.17, 15) is 0 Å². The van der Waals surface area contributed by atoms with Crippen molar-refractivity contribution < 1.29 is 5.21 Å². The first kappa shape index (κ1) is 8.26. The molecule has 0 saturated carbocycles. The maximum absolute atomic E-state index is 8.60. The van der Waals surface area contributed by atoms with Gasteiger partial charge < -0.3 is 5.21 Å². The van der Waals surface area contributed by atoms with Crippen molar-refractivity contribution in [2.24, 2.45) is 5.16 Å². The van der Waals surface area contributed by atoms with Crippen LogP contribution in [0.2, 0.25) is 0 Å². The number of rotatable bonds is 1. The van der Waals surface area contributed by atoms with Crippen molar-refractivity contribution in [3.63, 3.8) is 0 Å². The molecule has 1 aromatic carbocycles. The van der Waals surface area contributed by atoms with Gasteiger partial charge >= 0.3 is 0 Å². The third-order valence-corrected chi connectivity index (χ3v) is 2.92. The molecule has 1 heterocycles. The van der Waals surface area contributed by atoms with Gasteiger partial charge in [-0.15, -0.1) is 11.3 Å². The van der Waals surface area contributed by atoms with Crippen LogP contribution >= 0.6 is 11.3 Å². The molecule has 2 nitrogen and oxygen atoms in total. The lowest BCUT2D eigenvalue weighted by atomic mass is 10.1. The van der Waals surface area contributed by atoms with Gasteiger partial charge in [0.1, 0.15) is 0 Å². The maximum Gasteiger partial charge on any atom is 0.0837 e. The van der Waals surface area contributed by atoms with E-state index in [2.05, 4.69) is 16.6 Å². The molecule has 0 spiro atoms. The van der Waals surface area contributed by atoms with Gasteiger partial charge in [0.2, 0.25) is 0 Å². The van der Waals surface area contributed by atoms with Gasteiger partial charge in [-0.25, -0.2) is 0 Å². The van der Waals surface area contributed by atoms with Crippen molar-refractivity contribution in [3.8, 4) is 0 Å². The summed E-state index contributed by atoms with van der Waals surface area (Å²) in [4.78, 5) is 0. The zero-order valence-electron chi connectivity index (χ0n) is 7.19. The number of hydrogen-bond acceptors (Lipinski definition) is 3. The van der Waals surface area contributed by atoms with Crippen LogP contribution in [0.3, 0.4) is 0 Å². The molecule has 1 N–H and O–H groups in total. The van der Waals surface area contributed by atoms with Crippen LogP contribution in [0, 0.1) is 0 Å². The fraction of sp³-hybridized carbons (Fsp3) is 0.100. The maximum atomic E-state index is 8.60. The molecule has 0 saturated heterocycles. The minimum atomic E-state index is 0.646. The van der Waals surface area contributed by atoms with Crippen LogP contribution in [0.25, 0.3) is 10.1 Å². The lowest BCUT2D eigenvalue weighted by Crippen LogP contribution is -1.92. The van der Waals surface area contributed by atoms with Gasteiger partial charge in [0.05, 0.1) is 5.71 Å². The second-order valence-corrected chi connectivity index (χ2v) is 3.81. The topological polar surface area (TPSA) is 32.6 Å². The minimum absolute atomic E-state index is 0.646. The molecule has 2 rings (SSSR count). The molecule has 1 aromatic heterocycles. The number of thiophene rings is 1. The zero-order chi connectivity index (χ0) is 9.26. The third-order valence-electron chi connectivity index (χ3n) is 2.02. The summed E-state index contributed by atoms with van der Waals surface area (Å²) in [5.41, 5.74) is 1.61. The Balaban J connectivity index is 2.60. The first-order valence-corrected chi connectivity index (χ1v) is 4.85. The predicted molar refractivity (Wildman–Crippen MR) is 55.8 cm³/mol. The van der Waals surface area contributed by atoms with Gasteiger partial charge in [-0.2, -0.15) is 0 Å². The lowest BCUT2D eigenvalue weighted by Gasteiger charge is -1.97. The van der Waals surface area contributed by atoms with Crippen LogP contribution < -0.4 is 0 Å². The molecule has 66 valence electrons. The zero-order valence-corrected chi connectivity index (χ0v) is 8.01. The Bertz CT molecular complexity index is 459. The van der Waals surface area contributed by atoms with Crippen molar-refractivity contribution in [2.75, 3.05) is 0 Å². The van der Waals surface area contributed by atoms with Gasteiger partial charge in [-0.05, 0) is 41.5 Å². The largest absolute Gasteiger partial charge is 0.411 e. The van der Waals surface area contributed by atoms with Gasteiger partial charge in [-0.1, -0.05) is 11.2 Å². The quantitative estimate of drug-likeness (QED) is 0.419. The van der Waals surface area contributed by atoms with Crippen LogP contribution in [0.1, 0.15) is 12.5 Å². The second kappa shape index (κ2) is 3.18. The SMILES string of the molecule is CC(=NO)c1ccc2sccc2c1. The Kier molecular flexibility index (Phi) is 2.02. The van der Waals surface area contributed by atoms with E-state index in [1.807, 2.05) is 18.2 Å². The van der Waals surface area contributed by atoms with Crippen molar-refractivity contribution in [1.29, 1.82) is 0 Å². The van der Waals surface area contributed by atoms with Crippen molar-refractivity contribution in [1.82, 2.24) is 0 Å². The monoisotopic (exact) mass is 191 g/mol. The number of hydrogen-bond donors (Lipinski definition) is 1. The summed E-state index contributed by atoms with van der Waals surface area (Å²) < 4.78 is 1.26. The standard InChI is InChI=1S/C10H9NOS/c1-7(11-12)8-2-3-10-9(6-8)4-5-13-10/h2-6,12H,1H3. The molecular weight excluding hydrogens is 182 g/mol. The Morgan fingerprint density at radius 1 is 1.38 bits per heavy atom. The van der Waals surface area contributed by atoms with Crippen molar-refractivity contribution in [3.05, 3.63) is 35.2 Å². The molecule has 0 aliphatic heterocycles. The molecule has 0 aliphatic rings. The molecule has 0 amide bonds. The molecule has 2 aromatic rings. The number of nitrogens with zero attached hydrogens (tertiary/aromatic N) is 1. The van der Waals surface area contributed by atoms with Crippen LogP contribution in [-0.2, 0) is 0 Å². The van der Waals surface area contributed by atoms with Gasteiger partial charge in [0.15, 0.2) is 0 Å². The Hall–Kier alpha value is -1.35. The number of oxime groups is 1. The van der Waals surface area contributed by atoms with E-state index < -0.39 is 0 Å². The lowest BCUT2D eigenvalue weighted by molar-refractivity contribution is 0.319. The van der Waals surface area contributed by atoms with E-state index in [0.717, 1.165) is 5.56 Å². The highest BCUT2D eigenvalue weighted by atomic mass is 32.1. The summed E-state index contributed by atoms with van der Waals surface area (Å²) in [5.74, 6) is 0. The van der Waals surface area contributed by atoms with E-state index in [1.165, 1.54) is 10.1 Å². The van der Waals surface area contributed by atoms with Crippen molar-refractivity contribution >= 4 is 27.1 Å². The summed E-state index contributed by atoms with van der Waals surface area (Å²) >= 11 is 1.71. The first-order chi connectivity index (χ1) is 6.31. The van der Waals surface area contributed by atoms with Crippen molar-refractivity contribution in [2.45, 2.75) is 6.92 Å². The Morgan fingerprint density at radius 3 is 3.00 bits per heavy atom. The molecule has 0 fully saturated rings. The molecule has 0 aliphatic carbocycles. The Morgan fingerprint density at radius 2 is 2.23 bits per heavy atom. The highest BCUT2D eigenvalue weighted by molar-refractivity contribution is 7.17. The summed E-state index contributed by atoms with van der Waals surface area (Å²) in [6.07, 6.45) is 0. The average molecular weight is 191 g/mol. The highest BCUT2D eigenvalue weighted by Crippen LogP contribution is 2.21. The summed E-state index contributed by atoms with van der Waals surface area (Å²) in [6, 6.07) is 8.10. The van der Waals surface area contributed by atoms with Crippen LogP contribution in [0.4, 0.5) is 0 Å². The molecule has 0 radical (unpaired) electrons. The second-order valence-electron chi connectivity index (χ2n) is 2.86. The van der Waals surface area contributed by atoms with Crippen LogP contribution in [-0.4, -0.2) is 10.9 Å². The fourth-order valence-corrected chi connectivity index (χ4v) is 2.02. The highest BCUT2D eigenvalue weighted by Gasteiger charge is 2.00. The van der Waals surface area contributed by atoms with E-state index in [4.69, 9.17) is 5.21 Å². The summed E-state index contributed by atoms with van der Waals surface area (Å²) in [7, 11) is 0. The molecule has 0 atom stereocenters. The fourth-order valence-electron chi connectivity index (χ4n) is 1.25. The predicted octanol–water partition coefficient (Wildman–Crippen LogP) is 3.10. The molecular formula is C10H9NOS. The van der Waals surface area contributed by atoms with Crippen LogP contribution in [0.15, 0.2) is 34.8 Å². The summed E-state index contributed by atoms with van der Waals surface area (Å²) in [5, 5.41) is 15.0. The number of benzene rings is 1. The first-order valence-electron chi connectivity index (χ1n) is 3.97. The van der Waals surface area contributed by atoms with E-state index in [1.54, 1.807) is 18.3 Å². The Labute approximate surface area is 80.1 Å². The van der Waals surface area contributed by atoms with E-state index in [0.29, 0.717) is 5.71 Å². The van der Waals surface area contributed by atoms with Gasteiger partial charge in [-0.3, -0.25) is 0 Å². The van der Waals surface area contributed by atoms with Crippen LogP contribution in [0.5, 0.6) is 0 Å². The molecule has 3 heteroatoms. The van der Waals surface area contributed by atoms with Gasteiger partial charge in [0.25, 0.3) is 0 Å². The average Bonchev–Trinajstić information content (AvgIpc) is 2.63. The van der Waals surface area contributed by atoms with E-state index >= 15 is 0 Å². The van der Waals surface area contributed by atoms with E-state index in [-0.39, 0.29) is 0 Å². The minimum Gasteiger partial charge on any atom is -0.411 e. The third kappa shape index (κ3) is 1.42. The number of fused-ring (bicyclic) bond motifs is 1. The molecule has 0 unspecified atom stereocenters. The smallest absolute Gasteiger partial charge is 0.0837 e. The molecule has 0 bridgehead atoms. The van der Waals surface area contributed by atoms with Gasteiger partial charge in [0, 0.05) is 4.70 Å². The molecule has 13 heavy (non-hydrogen) atoms. The summed E-state index contributed by atoms with van der Waals surface area (Å²) in [6.45, 7) is 1.79.